The van der Waals surface area contributed by atoms with Crippen LogP contribution in [0.25, 0.3) is 0 Å². The van der Waals surface area contributed by atoms with Crippen LogP contribution in [0.15, 0.2) is 29.2 Å². The first-order valence-corrected chi connectivity index (χ1v) is 10.5. The van der Waals surface area contributed by atoms with E-state index in [0.717, 1.165) is 10.9 Å². The second kappa shape index (κ2) is 7.49. The molecule has 130 valence electrons. The molecule has 0 radical (unpaired) electrons. The van der Waals surface area contributed by atoms with Crippen molar-refractivity contribution in [3.63, 3.8) is 0 Å². The van der Waals surface area contributed by atoms with Gasteiger partial charge in [0.1, 0.15) is 0 Å². The van der Waals surface area contributed by atoms with Gasteiger partial charge in [0.2, 0.25) is 5.91 Å². The Kier molecular flexibility index (Phi) is 5.14. The van der Waals surface area contributed by atoms with Crippen molar-refractivity contribution in [3.8, 4) is 0 Å². The highest BCUT2D eigenvalue weighted by molar-refractivity contribution is 8.00. The van der Waals surface area contributed by atoms with Gasteiger partial charge in [-0.25, -0.2) is 0 Å². The van der Waals surface area contributed by atoms with Crippen LogP contribution in [0.3, 0.4) is 0 Å². The summed E-state index contributed by atoms with van der Waals surface area (Å²) in [4.78, 5) is 13.8. The van der Waals surface area contributed by atoms with Gasteiger partial charge in [0, 0.05) is 28.6 Å². The van der Waals surface area contributed by atoms with E-state index in [4.69, 9.17) is 0 Å². The predicted octanol–water partition coefficient (Wildman–Crippen LogP) is 4.58. The van der Waals surface area contributed by atoms with E-state index in [1.807, 2.05) is 17.8 Å². The molecule has 3 fully saturated rings. The fourth-order valence-corrected chi connectivity index (χ4v) is 5.99. The summed E-state index contributed by atoms with van der Waals surface area (Å²) < 4.78 is 0. The Morgan fingerprint density at radius 3 is 2.54 bits per heavy atom. The number of fused-ring (bicyclic) bond motifs is 2. The Labute approximate surface area is 149 Å². The van der Waals surface area contributed by atoms with E-state index in [1.54, 1.807) is 0 Å². The van der Waals surface area contributed by atoms with E-state index in [2.05, 4.69) is 28.8 Å². The van der Waals surface area contributed by atoms with Crippen LogP contribution >= 0.6 is 11.8 Å². The first kappa shape index (κ1) is 16.5. The molecule has 1 amide bonds. The lowest BCUT2D eigenvalue weighted by Crippen LogP contribution is -2.39. The van der Waals surface area contributed by atoms with Gasteiger partial charge in [0.25, 0.3) is 0 Å². The number of benzene rings is 1. The van der Waals surface area contributed by atoms with Crippen molar-refractivity contribution in [1.82, 2.24) is 5.32 Å². The minimum Gasteiger partial charge on any atom is -0.325 e. The van der Waals surface area contributed by atoms with Crippen molar-refractivity contribution in [2.24, 2.45) is 5.92 Å². The second-order valence-electron chi connectivity index (χ2n) is 7.75. The number of rotatable bonds is 5. The number of anilines is 1. The Morgan fingerprint density at radius 2 is 1.79 bits per heavy atom. The molecule has 4 heteroatoms. The molecule has 1 aliphatic carbocycles. The number of amides is 1. The Hall–Kier alpha value is -1.00. The summed E-state index contributed by atoms with van der Waals surface area (Å²) in [7, 11) is 0. The smallest absolute Gasteiger partial charge is 0.224 e. The van der Waals surface area contributed by atoms with Crippen molar-refractivity contribution in [2.75, 3.05) is 5.32 Å². The SMILES string of the molecule is O=C(CC1CC2CCC(C1)N2)Nc1ccccc1SC1CCCC1. The van der Waals surface area contributed by atoms with Gasteiger partial charge in [-0.15, -0.1) is 11.8 Å². The van der Waals surface area contributed by atoms with Crippen LogP contribution in [-0.4, -0.2) is 23.2 Å². The van der Waals surface area contributed by atoms with Gasteiger partial charge in [-0.1, -0.05) is 25.0 Å². The number of thioether (sulfide) groups is 1. The van der Waals surface area contributed by atoms with Gasteiger partial charge in [-0.05, 0) is 56.6 Å². The molecule has 1 saturated carbocycles. The van der Waals surface area contributed by atoms with Crippen molar-refractivity contribution in [3.05, 3.63) is 24.3 Å². The number of hydrogen-bond acceptors (Lipinski definition) is 3. The molecule has 2 N–H and O–H groups in total. The number of hydrogen-bond donors (Lipinski definition) is 2. The molecule has 0 aromatic heterocycles. The molecular weight excluding hydrogens is 316 g/mol. The van der Waals surface area contributed by atoms with Crippen LogP contribution in [0.5, 0.6) is 0 Å². The molecule has 0 spiro atoms. The molecule has 1 aromatic carbocycles. The number of nitrogens with one attached hydrogen (secondary N) is 2. The Balaban J connectivity index is 1.35. The van der Waals surface area contributed by atoms with Crippen molar-refractivity contribution < 1.29 is 4.79 Å². The quantitative estimate of drug-likeness (QED) is 0.821. The lowest BCUT2D eigenvalue weighted by molar-refractivity contribution is -0.117. The van der Waals surface area contributed by atoms with Gasteiger partial charge < -0.3 is 10.6 Å². The summed E-state index contributed by atoms with van der Waals surface area (Å²) in [5.41, 5.74) is 1.01. The fourth-order valence-electron chi connectivity index (χ4n) is 4.66. The van der Waals surface area contributed by atoms with Gasteiger partial charge in [0.15, 0.2) is 0 Å². The largest absolute Gasteiger partial charge is 0.325 e. The van der Waals surface area contributed by atoms with Crippen LogP contribution in [0.4, 0.5) is 5.69 Å². The summed E-state index contributed by atoms with van der Waals surface area (Å²) in [6.45, 7) is 0. The zero-order valence-corrected chi connectivity index (χ0v) is 15.1. The van der Waals surface area contributed by atoms with Crippen molar-refractivity contribution in [1.29, 1.82) is 0 Å². The molecule has 24 heavy (non-hydrogen) atoms. The Bertz CT molecular complexity index is 573. The first-order chi connectivity index (χ1) is 11.8. The van der Waals surface area contributed by atoms with Crippen LogP contribution in [0.1, 0.15) is 57.8 Å². The molecule has 1 aromatic rings. The normalized spacial score (nSPS) is 29.8. The van der Waals surface area contributed by atoms with Crippen molar-refractivity contribution in [2.45, 2.75) is 80.0 Å². The zero-order chi connectivity index (χ0) is 16.4. The van der Waals surface area contributed by atoms with Crippen molar-refractivity contribution >= 4 is 23.4 Å². The van der Waals surface area contributed by atoms with E-state index in [-0.39, 0.29) is 5.91 Å². The summed E-state index contributed by atoms with van der Waals surface area (Å²) in [6, 6.07) is 9.64. The maximum absolute atomic E-state index is 12.6. The lowest BCUT2D eigenvalue weighted by Gasteiger charge is -2.28. The average Bonchev–Trinajstić information content (AvgIpc) is 3.19. The summed E-state index contributed by atoms with van der Waals surface area (Å²) >= 11 is 1.95. The number of para-hydroxylation sites is 1. The molecule has 3 nitrogen and oxygen atoms in total. The minimum absolute atomic E-state index is 0.195. The zero-order valence-electron chi connectivity index (χ0n) is 14.3. The summed E-state index contributed by atoms with van der Waals surface area (Å²) in [5, 5.41) is 7.58. The molecule has 3 aliphatic rings. The molecule has 2 unspecified atom stereocenters. The molecule has 2 bridgehead atoms. The second-order valence-corrected chi connectivity index (χ2v) is 9.09. The molecule has 4 rings (SSSR count). The maximum Gasteiger partial charge on any atom is 0.224 e. The van der Waals surface area contributed by atoms with E-state index >= 15 is 0 Å². The third-order valence-corrected chi connectivity index (χ3v) is 7.22. The lowest BCUT2D eigenvalue weighted by atomic mass is 9.89. The van der Waals surface area contributed by atoms with E-state index in [1.165, 1.54) is 56.3 Å². The number of carbonyl (C=O) groups excluding carboxylic acids is 1. The molecular formula is C20H28N2OS. The maximum atomic E-state index is 12.6. The van der Waals surface area contributed by atoms with Crippen LogP contribution in [-0.2, 0) is 4.79 Å². The first-order valence-electron chi connectivity index (χ1n) is 9.58. The fraction of sp³-hybridized carbons (Fsp3) is 0.650. The van der Waals surface area contributed by atoms with Crippen LogP contribution in [0.2, 0.25) is 0 Å². The Morgan fingerprint density at radius 1 is 1.08 bits per heavy atom. The van der Waals surface area contributed by atoms with Gasteiger partial charge in [-0.3, -0.25) is 4.79 Å². The minimum atomic E-state index is 0.195. The molecule has 2 saturated heterocycles. The summed E-state index contributed by atoms with van der Waals surface area (Å²) in [6.07, 6.45) is 10.9. The molecule has 2 heterocycles. The topological polar surface area (TPSA) is 41.1 Å². The van der Waals surface area contributed by atoms with Crippen LogP contribution in [0, 0.1) is 5.92 Å². The number of carbonyl (C=O) groups is 1. The third kappa shape index (κ3) is 3.97. The highest BCUT2D eigenvalue weighted by Gasteiger charge is 2.34. The van der Waals surface area contributed by atoms with E-state index < -0.39 is 0 Å². The van der Waals surface area contributed by atoms with Gasteiger partial charge >= 0.3 is 0 Å². The molecule has 2 aliphatic heterocycles. The van der Waals surface area contributed by atoms with E-state index in [9.17, 15) is 4.79 Å². The standard InChI is InChI=1S/C20H28N2OS/c23-20(13-14-11-15-9-10-16(12-14)21-15)22-18-7-3-4-8-19(18)24-17-5-1-2-6-17/h3-4,7-8,14-17,21H,1-2,5-6,9-13H2,(H,22,23). The van der Waals surface area contributed by atoms with Gasteiger partial charge in [0.05, 0.1) is 5.69 Å². The molecule has 2 atom stereocenters. The third-order valence-electron chi connectivity index (χ3n) is 5.80. The summed E-state index contributed by atoms with van der Waals surface area (Å²) in [5.74, 6) is 0.749. The highest BCUT2D eigenvalue weighted by Crippen LogP contribution is 2.38. The van der Waals surface area contributed by atoms with Gasteiger partial charge in [-0.2, -0.15) is 0 Å². The van der Waals surface area contributed by atoms with E-state index in [0.29, 0.717) is 24.4 Å². The number of piperidine rings is 1. The van der Waals surface area contributed by atoms with Crippen LogP contribution < -0.4 is 10.6 Å². The predicted molar refractivity (Wildman–Crippen MR) is 100 cm³/mol. The monoisotopic (exact) mass is 344 g/mol. The highest BCUT2D eigenvalue weighted by atomic mass is 32.2. The average molecular weight is 345 g/mol.